The van der Waals surface area contributed by atoms with Crippen LogP contribution in [-0.4, -0.2) is 72.3 Å². The fraction of sp³-hybridized carbons (Fsp3) is 0.556. The van der Waals surface area contributed by atoms with E-state index in [1.807, 2.05) is 30.3 Å². The number of carbonyl (C=O) groups is 2. The van der Waals surface area contributed by atoms with E-state index in [1.165, 1.54) is 0 Å². The Morgan fingerprint density at radius 2 is 1.75 bits per heavy atom. The van der Waals surface area contributed by atoms with Gasteiger partial charge in [0.05, 0.1) is 0 Å². The Morgan fingerprint density at radius 3 is 2.38 bits per heavy atom. The van der Waals surface area contributed by atoms with Crippen molar-refractivity contribution in [3.8, 4) is 0 Å². The van der Waals surface area contributed by atoms with Gasteiger partial charge in [-0.15, -0.1) is 0 Å². The van der Waals surface area contributed by atoms with E-state index in [0.717, 1.165) is 38.2 Å². The molecule has 6 heteroatoms. The van der Waals surface area contributed by atoms with Crippen LogP contribution < -0.4 is 5.73 Å². The Balaban J connectivity index is 1.87. The van der Waals surface area contributed by atoms with Gasteiger partial charge in [0.15, 0.2) is 0 Å². The highest BCUT2D eigenvalue weighted by molar-refractivity contribution is 5.90. The summed E-state index contributed by atoms with van der Waals surface area (Å²) in [6.07, 6.45) is 1.51. The Morgan fingerprint density at radius 1 is 1.08 bits per heavy atom. The van der Waals surface area contributed by atoms with Crippen LogP contribution in [0.3, 0.4) is 0 Å². The summed E-state index contributed by atoms with van der Waals surface area (Å²) in [7, 11) is 2.10. The standard InChI is InChI=1S/C18H26N4O2/c1-20-10-12-21(13-11-20)16(14-6-3-2-4-7-14)18(24)22-9-5-8-15(22)17(19)23/h2-4,6-7,15-16H,5,8-13H2,1H3,(H2,19,23). The van der Waals surface area contributed by atoms with Gasteiger partial charge in [0, 0.05) is 32.7 Å². The number of benzene rings is 1. The summed E-state index contributed by atoms with van der Waals surface area (Å²) in [5.74, 6) is -0.391. The van der Waals surface area contributed by atoms with Gasteiger partial charge in [0.1, 0.15) is 12.1 Å². The summed E-state index contributed by atoms with van der Waals surface area (Å²) in [4.78, 5) is 31.2. The summed E-state index contributed by atoms with van der Waals surface area (Å²) in [6, 6.07) is 9.07. The van der Waals surface area contributed by atoms with Crippen LogP contribution in [0.4, 0.5) is 0 Å². The van der Waals surface area contributed by atoms with Crippen LogP contribution >= 0.6 is 0 Å². The topological polar surface area (TPSA) is 69.9 Å². The molecule has 2 aliphatic heterocycles. The van der Waals surface area contributed by atoms with Crippen molar-refractivity contribution in [1.82, 2.24) is 14.7 Å². The smallest absolute Gasteiger partial charge is 0.245 e. The molecule has 2 fully saturated rings. The van der Waals surface area contributed by atoms with Crippen LogP contribution in [0.1, 0.15) is 24.4 Å². The van der Waals surface area contributed by atoms with Gasteiger partial charge in [-0.2, -0.15) is 0 Å². The third kappa shape index (κ3) is 3.44. The summed E-state index contributed by atoms with van der Waals surface area (Å²) in [6.45, 7) is 4.18. The number of hydrogen-bond acceptors (Lipinski definition) is 4. The van der Waals surface area contributed by atoms with Crippen LogP contribution in [0.2, 0.25) is 0 Å². The van der Waals surface area contributed by atoms with Gasteiger partial charge >= 0.3 is 0 Å². The number of nitrogens with zero attached hydrogens (tertiary/aromatic N) is 3. The van der Waals surface area contributed by atoms with Gasteiger partial charge in [-0.1, -0.05) is 30.3 Å². The molecule has 2 atom stereocenters. The lowest BCUT2D eigenvalue weighted by Crippen LogP contribution is -2.53. The molecule has 0 saturated carbocycles. The molecule has 3 rings (SSSR count). The second kappa shape index (κ2) is 7.32. The lowest BCUT2D eigenvalue weighted by atomic mass is 10.0. The first-order valence-electron chi connectivity index (χ1n) is 8.65. The number of nitrogens with two attached hydrogens (primary N) is 1. The lowest BCUT2D eigenvalue weighted by Gasteiger charge is -2.39. The predicted molar refractivity (Wildman–Crippen MR) is 92.2 cm³/mol. The van der Waals surface area contributed by atoms with E-state index >= 15 is 0 Å². The van der Waals surface area contributed by atoms with Gasteiger partial charge in [0.25, 0.3) is 0 Å². The van der Waals surface area contributed by atoms with Gasteiger partial charge in [-0.3, -0.25) is 14.5 Å². The number of likely N-dealkylation sites (tertiary alicyclic amines) is 1. The van der Waals surface area contributed by atoms with Crippen molar-refractivity contribution in [2.45, 2.75) is 24.9 Å². The molecule has 0 aliphatic carbocycles. The van der Waals surface area contributed by atoms with E-state index in [1.54, 1.807) is 4.90 Å². The minimum atomic E-state index is -0.462. The molecule has 2 unspecified atom stereocenters. The number of hydrogen-bond donors (Lipinski definition) is 1. The van der Waals surface area contributed by atoms with E-state index in [9.17, 15) is 9.59 Å². The average Bonchev–Trinajstić information content (AvgIpc) is 3.08. The molecule has 1 aromatic carbocycles. The van der Waals surface area contributed by atoms with Crippen molar-refractivity contribution in [1.29, 1.82) is 0 Å². The molecule has 1 aromatic rings. The van der Waals surface area contributed by atoms with Crippen LogP contribution in [0.5, 0.6) is 0 Å². The Labute approximate surface area is 143 Å². The zero-order valence-electron chi connectivity index (χ0n) is 14.2. The van der Waals surface area contributed by atoms with Gasteiger partial charge in [0.2, 0.25) is 11.8 Å². The minimum absolute atomic E-state index is 0.00653. The molecule has 2 N–H and O–H groups in total. The van der Waals surface area contributed by atoms with Crippen molar-refractivity contribution in [2.75, 3.05) is 39.8 Å². The van der Waals surface area contributed by atoms with Crippen molar-refractivity contribution >= 4 is 11.8 Å². The van der Waals surface area contributed by atoms with Crippen LogP contribution in [0.25, 0.3) is 0 Å². The fourth-order valence-corrected chi connectivity index (χ4v) is 3.71. The highest BCUT2D eigenvalue weighted by Crippen LogP contribution is 2.28. The normalized spacial score (nSPS) is 24.0. The number of rotatable bonds is 4. The van der Waals surface area contributed by atoms with Crippen molar-refractivity contribution in [3.63, 3.8) is 0 Å². The monoisotopic (exact) mass is 330 g/mol. The zero-order valence-corrected chi connectivity index (χ0v) is 14.2. The SMILES string of the molecule is CN1CCN(C(C(=O)N2CCCC2C(N)=O)c2ccccc2)CC1. The maximum Gasteiger partial charge on any atom is 0.245 e. The summed E-state index contributed by atoms with van der Waals surface area (Å²) < 4.78 is 0. The van der Waals surface area contributed by atoms with Crippen molar-refractivity contribution in [2.24, 2.45) is 5.73 Å². The lowest BCUT2D eigenvalue weighted by molar-refractivity contribution is -0.142. The summed E-state index contributed by atoms with van der Waals surface area (Å²) in [5, 5.41) is 0. The summed E-state index contributed by atoms with van der Waals surface area (Å²) in [5.41, 5.74) is 6.50. The molecule has 2 aliphatic rings. The molecule has 0 bridgehead atoms. The Kier molecular flexibility index (Phi) is 5.16. The van der Waals surface area contributed by atoms with E-state index < -0.39 is 11.9 Å². The maximum atomic E-state index is 13.3. The largest absolute Gasteiger partial charge is 0.368 e. The van der Waals surface area contributed by atoms with E-state index in [-0.39, 0.29) is 11.9 Å². The molecule has 2 saturated heterocycles. The van der Waals surface area contributed by atoms with E-state index in [2.05, 4.69) is 16.8 Å². The highest BCUT2D eigenvalue weighted by Gasteiger charge is 2.39. The molecule has 2 heterocycles. The quantitative estimate of drug-likeness (QED) is 0.870. The van der Waals surface area contributed by atoms with Crippen LogP contribution in [0, 0.1) is 0 Å². The predicted octanol–water partition coefficient (Wildman–Crippen LogP) is 0.451. The molecule has 6 nitrogen and oxygen atoms in total. The Bertz CT molecular complexity index is 584. The molecule has 0 radical (unpaired) electrons. The second-order valence-electron chi connectivity index (χ2n) is 6.74. The third-order valence-electron chi connectivity index (χ3n) is 5.12. The average molecular weight is 330 g/mol. The molecule has 0 aromatic heterocycles. The minimum Gasteiger partial charge on any atom is -0.368 e. The molecule has 0 spiro atoms. The first-order valence-corrected chi connectivity index (χ1v) is 8.65. The first kappa shape index (κ1) is 16.9. The second-order valence-corrected chi connectivity index (χ2v) is 6.74. The number of piperazine rings is 1. The van der Waals surface area contributed by atoms with Crippen LogP contribution in [-0.2, 0) is 9.59 Å². The van der Waals surface area contributed by atoms with Gasteiger partial charge in [-0.05, 0) is 25.5 Å². The molecule has 24 heavy (non-hydrogen) atoms. The number of amides is 2. The van der Waals surface area contributed by atoms with Crippen molar-refractivity contribution in [3.05, 3.63) is 35.9 Å². The Hall–Kier alpha value is -1.92. The summed E-state index contributed by atoms with van der Waals surface area (Å²) >= 11 is 0. The molecular formula is C18H26N4O2. The number of primary amides is 1. The molecule has 130 valence electrons. The third-order valence-corrected chi connectivity index (χ3v) is 5.12. The van der Waals surface area contributed by atoms with E-state index in [0.29, 0.717) is 13.0 Å². The van der Waals surface area contributed by atoms with Gasteiger partial charge in [-0.25, -0.2) is 0 Å². The molecular weight excluding hydrogens is 304 g/mol. The number of likely N-dealkylation sites (N-methyl/N-ethyl adjacent to an activating group) is 1. The maximum absolute atomic E-state index is 13.3. The first-order chi connectivity index (χ1) is 11.6. The van der Waals surface area contributed by atoms with Crippen molar-refractivity contribution < 1.29 is 9.59 Å². The molecule has 2 amide bonds. The zero-order chi connectivity index (χ0) is 17.1. The fourth-order valence-electron chi connectivity index (χ4n) is 3.71. The van der Waals surface area contributed by atoms with Crippen LogP contribution in [0.15, 0.2) is 30.3 Å². The number of carbonyl (C=O) groups excluding carboxylic acids is 2. The highest BCUT2D eigenvalue weighted by atomic mass is 16.2. The van der Waals surface area contributed by atoms with E-state index in [4.69, 9.17) is 5.73 Å². The van der Waals surface area contributed by atoms with Gasteiger partial charge < -0.3 is 15.5 Å².